The Morgan fingerprint density at radius 1 is 1.14 bits per heavy atom. The maximum Gasteiger partial charge on any atom is 0.339 e. The minimum atomic E-state index is -0.509. The first-order valence-corrected chi connectivity index (χ1v) is 7.72. The van der Waals surface area contributed by atoms with Crippen LogP contribution in [0.1, 0.15) is 23.2 Å². The van der Waals surface area contributed by atoms with E-state index in [1.165, 1.54) is 0 Å². The zero-order valence-electron chi connectivity index (χ0n) is 11.6. The number of ether oxygens (including phenoxy) is 1. The minimum absolute atomic E-state index is 0.164. The van der Waals surface area contributed by atoms with E-state index in [-0.39, 0.29) is 23.7 Å². The Morgan fingerprint density at radius 2 is 1.95 bits per heavy atom. The Kier molecular flexibility index (Phi) is 2.04. The van der Waals surface area contributed by atoms with E-state index in [2.05, 4.69) is 12.2 Å². The normalized spacial score (nSPS) is 44.6. The van der Waals surface area contributed by atoms with Gasteiger partial charge in [0.05, 0.1) is 5.56 Å². The van der Waals surface area contributed by atoms with Crippen LogP contribution in [0.25, 0.3) is 0 Å². The maximum atomic E-state index is 12.5. The lowest BCUT2D eigenvalue weighted by Crippen LogP contribution is -2.44. The molecule has 2 bridgehead atoms. The number of esters is 1. The molecule has 1 aromatic rings. The fourth-order valence-electron chi connectivity index (χ4n) is 5.26. The average Bonchev–Trinajstić information content (AvgIpc) is 2.89. The van der Waals surface area contributed by atoms with Crippen molar-refractivity contribution in [3.63, 3.8) is 0 Å². The Morgan fingerprint density at radius 3 is 2.76 bits per heavy atom. The van der Waals surface area contributed by atoms with E-state index in [0.717, 1.165) is 12.8 Å². The van der Waals surface area contributed by atoms with Crippen LogP contribution in [-0.2, 0) is 9.53 Å². The van der Waals surface area contributed by atoms with E-state index in [9.17, 15) is 9.59 Å². The fourth-order valence-corrected chi connectivity index (χ4v) is 5.26. The highest BCUT2D eigenvalue weighted by Crippen LogP contribution is 2.71. The van der Waals surface area contributed by atoms with Crippen LogP contribution in [0, 0.1) is 29.6 Å². The molecule has 3 fully saturated rings. The van der Waals surface area contributed by atoms with Gasteiger partial charge < -0.3 is 4.74 Å². The summed E-state index contributed by atoms with van der Waals surface area (Å²) in [4.78, 5) is 24.4. The molecule has 6 atom stereocenters. The summed E-state index contributed by atoms with van der Waals surface area (Å²) in [6.07, 6.45) is 6.21. The van der Waals surface area contributed by atoms with E-state index < -0.39 is 5.60 Å². The highest BCUT2D eigenvalue weighted by Gasteiger charge is 2.77. The largest absolute Gasteiger partial charge is 0.451 e. The van der Waals surface area contributed by atoms with Crippen molar-refractivity contribution in [3.8, 4) is 0 Å². The highest BCUT2D eigenvalue weighted by atomic mass is 16.6. The maximum absolute atomic E-state index is 12.5. The van der Waals surface area contributed by atoms with Gasteiger partial charge in [-0.1, -0.05) is 24.3 Å². The smallest absolute Gasteiger partial charge is 0.339 e. The molecule has 0 aromatic heterocycles. The van der Waals surface area contributed by atoms with Gasteiger partial charge >= 0.3 is 5.97 Å². The number of Topliss-reactive ketones (excluding diaryl/α,β-unsaturated/α-hetero) is 1. The summed E-state index contributed by atoms with van der Waals surface area (Å²) < 4.78 is 6.01. The summed E-state index contributed by atoms with van der Waals surface area (Å²) in [6.45, 7) is 0. The predicted molar refractivity (Wildman–Crippen MR) is 75.4 cm³/mol. The number of allylic oxidation sites excluding steroid dienone is 1. The Labute approximate surface area is 123 Å². The van der Waals surface area contributed by atoms with Gasteiger partial charge in [0.1, 0.15) is 11.4 Å². The van der Waals surface area contributed by atoms with Gasteiger partial charge in [-0.3, -0.25) is 4.79 Å². The molecule has 1 aromatic carbocycles. The summed E-state index contributed by atoms with van der Waals surface area (Å²) in [5, 5.41) is 0. The fraction of sp³-hybridized carbons (Fsp3) is 0.444. The van der Waals surface area contributed by atoms with Gasteiger partial charge in [0.2, 0.25) is 0 Å². The highest BCUT2D eigenvalue weighted by molar-refractivity contribution is 6.02. The van der Waals surface area contributed by atoms with Crippen LogP contribution in [-0.4, -0.2) is 17.4 Å². The molecule has 4 aliphatic rings. The van der Waals surface area contributed by atoms with Crippen molar-refractivity contribution >= 4 is 11.8 Å². The molecule has 4 aliphatic carbocycles. The first-order valence-electron chi connectivity index (χ1n) is 7.72. The molecule has 0 saturated heterocycles. The SMILES string of the molecule is O=C(O[C@@]12C=CC[C@@H]1[C@H]1C[C@@H]2[C@@H]2C(=O)[C@H]12)c1ccccc1. The summed E-state index contributed by atoms with van der Waals surface area (Å²) in [5.41, 5.74) is 0.0811. The van der Waals surface area contributed by atoms with Gasteiger partial charge in [-0.2, -0.15) is 0 Å². The van der Waals surface area contributed by atoms with E-state index in [1.807, 2.05) is 18.2 Å². The van der Waals surface area contributed by atoms with E-state index in [4.69, 9.17) is 4.74 Å². The van der Waals surface area contributed by atoms with Crippen LogP contribution in [0.5, 0.6) is 0 Å². The van der Waals surface area contributed by atoms with Gasteiger partial charge in [0.25, 0.3) is 0 Å². The molecule has 0 spiro atoms. The lowest BCUT2D eigenvalue weighted by molar-refractivity contribution is -0.113. The third-order valence-electron chi connectivity index (χ3n) is 6.08. The van der Waals surface area contributed by atoms with Crippen LogP contribution in [0.15, 0.2) is 42.5 Å². The lowest BCUT2D eigenvalue weighted by atomic mass is 9.77. The summed E-state index contributed by atoms with van der Waals surface area (Å²) in [5.74, 6) is 1.57. The van der Waals surface area contributed by atoms with Crippen LogP contribution in [0.4, 0.5) is 0 Å². The summed E-state index contributed by atoms with van der Waals surface area (Å²) in [6, 6.07) is 9.14. The number of fused-ring (bicyclic) bond motifs is 8. The number of hydrogen-bond acceptors (Lipinski definition) is 3. The number of ketones is 1. The predicted octanol–water partition coefficient (Wildman–Crippen LogP) is 2.62. The molecular weight excluding hydrogens is 264 g/mol. The second kappa shape index (κ2) is 3.65. The Bertz CT molecular complexity index is 677. The van der Waals surface area contributed by atoms with Gasteiger partial charge in [0, 0.05) is 23.7 Å². The number of carbonyl (C=O) groups excluding carboxylic acids is 2. The molecule has 3 saturated carbocycles. The molecule has 0 aliphatic heterocycles. The average molecular weight is 280 g/mol. The van der Waals surface area contributed by atoms with Crippen molar-refractivity contribution in [1.29, 1.82) is 0 Å². The van der Waals surface area contributed by atoms with E-state index >= 15 is 0 Å². The number of rotatable bonds is 2. The molecular formula is C18H16O3. The molecule has 0 radical (unpaired) electrons. The van der Waals surface area contributed by atoms with Crippen molar-refractivity contribution in [1.82, 2.24) is 0 Å². The number of benzene rings is 1. The quantitative estimate of drug-likeness (QED) is 0.618. The van der Waals surface area contributed by atoms with Crippen molar-refractivity contribution in [2.75, 3.05) is 0 Å². The Hall–Kier alpha value is -1.90. The molecule has 106 valence electrons. The molecule has 21 heavy (non-hydrogen) atoms. The second-order valence-electron chi connectivity index (χ2n) is 6.81. The van der Waals surface area contributed by atoms with Crippen molar-refractivity contribution < 1.29 is 14.3 Å². The second-order valence-corrected chi connectivity index (χ2v) is 6.81. The van der Waals surface area contributed by atoms with Gasteiger partial charge in [-0.25, -0.2) is 4.79 Å². The first kappa shape index (κ1) is 11.7. The third kappa shape index (κ3) is 1.30. The van der Waals surface area contributed by atoms with Gasteiger partial charge in [0.15, 0.2) is 0 Å². The molecule has 0 N–H and O–H groups in total. The van der Waals surface area contributed by atoms with Crippen LogP contribution < -0.4 is 0 Å². The summed E-state index contributed by atoms with van der Waals surface area (Å²) in [7, 11) is 0. The molecule has 3 nitrogen and oxygen atoms in total. The van der Waals surface area contributed by atoms with Crippen LogP contribution in [0.3, 0.4) is 0 Å². The molecule has 0 heterocycles. The zero-order chi connectivity index (χ0) is 14.2. The first-order chi connectivity index (χ1) is 10.2. The Balaban J connectivity index is 1.49. The van der Waals surface area contributed by atoms with Crippen molar-refractivity contribution in [2.24, 2.45) is 29.6 Å². The molecule has 0 unspecified atom stereocenters. The van der Waals surface area contributed by atoms with Crippen molar-refractivity contribution in [3.05, 3.63) is 48.0 Å². The van der Waals surface area contributed by atoms with Crippen molar-refractivity contribution in [2.45, 2.75) is 18.4 Å². The summed E-state index contributed by atoms with van der Waals surface area (Å²) >= 11 is 0. The minimum Gasteiger partial charge on any atom is -0.451 e. The topological polar surface area (TPSA) is 43.4 Å². The standard InChI is InChI=1S/C18H16O3/c19-16-14-11-9-13(15(14)16)18(8-4-7-12(11)18)21-17(20)10-5-2-1-3-6-10/h1-6,8,11-15H,7,9H2/t11-,12-,13-,14-,15+,18+/m1/s1. The number of carbonyl (C=O) groups is 2. The zero-order valence-corrected chi connectivity index (χ0v) is 11.6. The monoisotopic (exact) mass is 280 g/mol. The third-order valence-corrected chi connectivity index (χ3v) is 6.08. The lowest BCUT2D eigenvalue weighted by Gasteiger charge is -2.37. The molecule has 3 heteroatoms. The molecule has 0 amide bonds. The van der Waals surface area contributed by atoms with Gasteiger partial charge in [-0.15, -0.1) is 0 Å². The number of hydrogen-bond donors (Lipinski definition) is 0. The van der Waals surface area contributed by atoms with Crippen LogP contribution in [0.2, 0.25) is 0 Å². The van der Waals surface area contributed by atoms with E-state index in [0.29, 0.717) is 23.2 Å². The van der Waals surface area contributed by atoms with Crippen LogP contribution >= 0.6 is 0 Å². The molecule has 5 rings (SSSR count). The van der Waals surface area contributed by atoms with Gasteiger partial charge in [-0.05, 0) is 37.0 Å². The van der Waals surface area contributed by atoms with E-state index in [1.54, 1.807) is 12.1 Å².